The van der Waals surface area contributed by atoms with Gasteiger partial charge in [0.25, 0.3) is 5.91 Å². The highest BCUT2D eigenvalue weighted by molar-refractivity contribution is 5.94. The number of rotatable bonds is 6. The van der Waals surface area contributed by atoms with E-state index in [4.69, 9.17) is 10.00 Å². The van der Waals surface area contributed by atoms with Crippen molar-refractivity contribution in [3.63, 3.8) is 0 Å². The highest BCUT2D eigenvalue weighted by Gasteiger charge is 2.21. The van der Waals surface area contributed by atoms with Crippen molar-refractivity contribution in [1.29, 1.82) is 5.26 Å². The molecule has 122 valence electrons. The van der Waals surface area contributed by atoms with Gasteiger partial charge in [0.1, 0.15) is 12.4 Å². The second-order valence-corrected chi connectivity index (χ2v) is 5.81. The van der Waals surface area contributed by atoms with Gasteiger partial charge in [-0.3, -0.25) is 9.69 Å². The minimum Gasteiger partial charge on any atom is -0.489 e. The second-order valence-electron chi connectivity index (χ2n) is 5.81. The molecule has 23 heavy (non-hydrogen) atoms. The lowest BCUT2D eigenvalue weighted by molar-refractivity contribution is 0.0639. The predicted octanol–water partition coefficient (Wildman–Crippen LogP) is 2.31. The van der Waals surface area contributed by atoms with Crippen LogP contribution >= 0.6 is 0 Å². The third-order valence-electron chi connectivity index (χ3n) is 3.79. The van der Waals surface area contributed by atoms with E-state index < -0.39 is 0 Å². The van der Waals surface area contributed by atoms with Gasteiger partial charge in [-0.15, -0.1) is 0 Å². The molecule has 0 bridgehead atoms. The van der Waals surface area contributed by atoms with E-state index in [0.717, 1.165) is 31.0 Å². The van der Waals surface area contributed by atoms with Crippen LogP contribution in [0.5, 0.6) is 5.75 Å². The Kier molecular flexibility index (Phi) is 6.19. The monoisotopic (exact) mass is 313 g/mol. The molecule has 1 aromatic rings. The maximum Gasteiger partial charge on any atom is 0.253 e. The number of amides is 1. The maximum atomic E-state index is 12.5. The van der Waals surface area contributed by atoms with Gasteiger partial charge in [0.2, 0.25) is 0 Å². The van der Waals surface area contributed by atoms with Gasteiger partial charge >= 0.3 is 0 Å². The largest absolute Gasteiger partial charge is 0.489 e. The molecule has 5 heteroatoms. The van der Waals surface area contributed by atoms with Crippen LogP contribution in [0.1, 0.15) is 23.7 Å². The lowest BCUT2D eigenvalue weighted by atomic mass is 10.1. The Labute approximate surface area is 137 Å². The number of piperazine rings is 1. The lowest BCUT2D eigenvalue weighted by Crippen LogP contribution is -2.48. The molecule has 1 aliphatic heterocycles. The van der Waals surface area contributed by atoms with E-state index in [1.807, 2.05) is 24.0 Å². The number of hydrogen-bond acceptors (Lipinski definition) is 4. The van der Waals surface area contributed by atoms with Crippen molar-refractivity contribution in [3.05, 3.63) is 42.0 Å². The zero-order valence-electron chi connectivity index (χ0n) is 13.6. The van der Waals surface area contributed by atoms with Crippen LogP contribution in [0, 0.1) is 11.3 Å². The van der Waals surface area contributed by atoms with Crippen LogP contribution in [0.2, 0.25) is 0 Å². The number of carbonyl (C=O) groups excluding carboxylic acids is 1. The lowest BCUT2D eigenvalue weighted by Gasteiger charge is -2.34. The van der Waals surface area contributed by atoms with Gasteiger partial charge in [0, 0.05) is 44.7 Å². The first-order valence-electron chi connectivity index (χ1n) is 7.86. The van der Waals surface area contributed by atoms with E-state index in [0.29, 0.717) is 31.7 Å². The number of nitrogens with zero attached hydrogens (tertiary/aromatic N) is 3. The molecule has 0 radical (unpaired) electrons. The Hall–Kier alpha value is -2.32. The zero-order valence-corrected chi connectivity index (χ0v) is 13.6. The molecule has 2 rings (SSSR count). The van der Waals surface area contributed by atoms with E-state index in [1.165, 1.54) is 0 Å². The molecule has 1 saturated heterocycles. The van der Waals surface area contributed by atoms with Crippen LogP contribution in [0.25, 0.3) is 0 Å². The normalized spacial score (nSPS) is 15.0. The zero-order chi connectivity index (χ0) is 16.7. The van der Waals surface area contributed by atoms with Gasteiger partial charge in [-0.05, 0) is 36.8 Å². The van der Waals surface area contributed by atoms with Crippen molar-refractivity contribution in [2.75, 3.05) is 39.3 Å². The van der Waals surface area contributed by atoms with Gasteiger partial charge in [0.15, 0.2) is 0 Å². The highest BCUT2D eigenvalue weighted by Crippen LogP contribution is 2.15. The molecule has 1 heterocycles. The Morgan fingerprint density at radius 2 is 1.91 bits per heavy atom. The molecule has 0 aliphatic carbocycles. The molecule has 1 aliphatic rings. The average molecular weight is 313 g/mol. The Morgan fingerprint density at radius 3 is 2.48 bits per heavy atom. The first-order valence-corrected chi connectivity index (χ1v) is 7.86. The van der Waals surface area contributed by atoms with E-state index >= 15 is 0 Å². The number of ether oxygens (including phenoxy) is 1. The standard InChI is InChI=1S/C18H23N3O2/c1-15(2)14-23-17-6-4-16(5-7-17)18(22)21-12-10-20(11-13-21)9-3-8-19/h4-7H,1,3,9-14H2,2H3. The molecule has 0 aromatic heterocycles. The molecule has 1 aromatic carbocycles. The maximum absolute atomic E-state index is 12.5. The van der Waals surface area contributed by atoms with Gasteiger partial charge in [0.05, 0.1) is 6.07 Å². The number of nitriles is 1. The molecular weight excluding hydrogens is 290 g/mol. The number of benzene rings is 1. The molecule has 0 N–H and O–H groups in total. The molecule has 1 fully saturated rings. The number of carbonyl (C=O) groups is 1. The second kappa shape index (κ2) is 8.35. The fourth-order valence-corrected chi connectivity index (χ4v) is 2.47. The Balaban J connectivity index is 1.86. The van der Waals surface area contributed by atoms with Gasteiger partial charge in [-0.25, -0.2) is 0 Å². The molecule has 0 unspecified atom stereocenters. The topological polar surface area (TPSA) is 56.6 Å². The van der Waals surface area contributed by atoms with Crippen LogP contribution in [0.15, 0.2) is 36.4 Å². The van der Waals surface area contributed by atoms with Crippen molar-refractivity contribution in [2.24, 2.45) is 0 Å². The van der Waals surface area contributed by atoms with Gasteiger partial charge in [-0.2, -0.15) is 5.26 Å². The van der Waals surface area contributed by atoms with E-state index in [-0.39, 0.29) is 5.91 Å². The third kappa shape index (κ3) is 5.11. The summed E-state index contributed by atoms with van der Waals surface area (Å²) >= 11 is 0. The summed E-state index contributed by atoms with van der Waals surface area (Å²) in [5, 5.41) is 8.62. The summed E-state index contributed by atoms with van der Waals surface area (Å²) in [7, 11) is 0. The van der Waals surface area contributed by atoms with Crippen LogP contribution in [-0.4, -0.2) is 55.0 Å². The fourth-order valence-electron chi connectivity index (χ4n) is 2.47. The Morgan fingerprint density at radius 1 is 1.26 bits per heavy atom. The minimum absolute atomic E-state index is 0.0522. The molecule has 5 nitrogen and oxygen atoms in total. The first-order chi connectivity index (χ1) is 11.1. The van der Waals surface area contributed by atoms with Crippen molar-refractivity contribution in [2.45, 2.75) is 13.3 Å². The van der Waals surface area contributed by atoms with E-state index in [2.05, 4.69) is 17.5 Å². The van der Waals surface area contributed by atoms with Gasteiger partial charge < -0.3 is 9.64 Å². The molecular formula is C18H23N3O2. The SMILES string of the molecule is C=C(C)COc1ccc(C(=O)N2CCN(CCC#N)CC2)cc1. The third-order valence-corrected chi connectivity index (χ3v) is 3.79. The summed E-state index contributed by atoms with van der Waals surface area (Å²) in [6.07, 6.45) is 0.541. The summed E-state index contributed by atoms with van der Waals surface area (Å²) in [4.78, 5) is 16.6. The molecule has 1 amide bonds. The smallest absolute Gasteiger partial charge is 0.253 e. The van der Waals surface area contributed by atoms with Crippen molar-refractivity contribution >= 4 is 5.91 Å². The quantitative estimate of drug-likeness (QED) is 0.756. The van der Waals surface area contributed by atoms with Crippen molar-refractivity contribution in [1.82, 2.24) is 9.80 Å². The summed E-state index contributed by atoms with van der Waals surface area (Å²) in [6.45, 7) is 10.0. The van der Waals surface area contributed by atoms with E-state index in [1.54, 1.807) is 12.1 Å². The summed E-state index contributed by atoms with van der Waals surface area (Å²) in [6, 6.07) is 9.40. The minimum atomic E-state index is 0.0522. The summed E-state index contributed by atoms with van der Waals surface area (Å²) in [5.41, 5.74) is 1.64. The molecule has 0 atom stereocenters. The predicted molar refractivity (Wildman–Crippen MR) is 89.3 cm³/mol. The van der Waals surface area contributed by atoms with Crippen LogP contribution < -0.4 is 4.74 Å². The fraction of sp³-hybridized carbons (Fsp3) is 0.444. The van der Waals surface area contributed by atoms with E-state index in [9.17, 15) is 4.79 Å². The van der Waals surface area contributed by atoms with Crippen LogP contribution in [-0.2, 0) is 0 Å². The summed E-state index contributed by atoms with van der Waals surface area (Å²) in [5.74, 6) is 0.794. The first kappa shape index (κ1) is 17.0. The average Bonchev–Trinajstić information content (AvgIpc) is 2.58. The molecule has 0 spiro atoms. The Bertz CT molecular complexity index is 581. The van der Waals surface area contributed by atoms with Crippen molar-refractivity contribution < 1.29 is 9.53 Å². The van der Waals surface area contributed by atoms with Crippen molar-refractivity contribution in [3.8, 4) is 11.8 Å². The van der Waals surface area contributed by atoms with Crippen LogP contribution in [0.4, 0.5) is 0 Å². The molecule has 0 saturated carbocycles. The van der Waals surface area contributed by atoms with Crippen LogP contribution in [0.3, 0.4) is 0 Å². The number of hydrogen-bond donors (Lipinski definition) is 0. The highest BCUT2D eigenvalue weighted by atomic mass is 16.5. The van der Waals surface area contributed by atoms with Gasteiger partial charge in [-0.1, -0.05) is 6.58 Å². The summed E-state index contributed by atoms with van der Waals surface area (Å²) < 4.78 is 5.54.